The molecule has 0 heterocycles. The van der Waals surface area contributed by atoms with Gasteiger partial charge in [-0.1, -0.05) is 37.1 Å². The van der Waals surface area contributed by atoms with E-state index in [1.54, 1.807) is 48.5 Å². The molecule has 0 saturated heterocycles. The van der Waals surface area contributed by atoms with Gasteiger partial charge >= 0.3 is 5.97 Å². The third-order valence-corrected chi connectivity index (χ3v) is 4.84. The van der Waals surface area contributed by atoms with Crippen molar-refractivity contribution in [2.75, 3.05) is 20.0 Å². The minimum atomic E-state index is -0.433. The molecule has 0 aliphatic heterocycles. The lowest BCUT2D eigenvalue weighted by Gasteiger charge is -2.12. The van der Waals surface area contributed by atoms with Gasteiger partial charge in [0.1, 0.15) is 23.0 Å². The van der Waals surface area contributed by atoms with E-state index in [-0.39, 0.29) is 6.79 Å². The fraction of sp³-hybridized carbons (Fsp3) is 0.172. The van der Waals surface area contributed by atoms with E-state index in [2.05, 4.69) is 23.8 Å². The summed E-state index contributed by atoms with van der Waals surface area (Å²) in [6.45, 7) is 9.82. The zero-order valence-corrected chi connectivity index (χ0v) is 20.1. The number of carbonyl (C=O) groups excluding carboxylic acids is 1. The maximum absolute atomic E-state index is 12.4. The van der Waals surface area contributed by atoms with E-state index >= 15 is 0 Å². The summed E-state index contributed by atoms with van der Waals surface area (Å²) in [5.41, 5.74) is 4.64. The number of hydrogen-bond donors (Lipinski definition) is 0. The topological polar surface area (TPSA) is 72.5 Å². The summed E-state index contributed by atoms with van der Waals surface area (Å²) < 4.78 is 22.5. The maximum atomic E-state index is 12.4. The number of benzene rings is 3. The SMILES string of the molecule is C=C=COOCCCOc1ccc(OCOc2ccc(OC(=O)c3ccc(C=C)cc3)cc2C)cc1. The van der Waals surface area contributed by atoms with Crippen LogP contribution < -0.4 is 18.9 Å². The van der Waals surface area contributed by atoms with Gasteiger partial charge in [0, 0.05) is 6.42 Å². The van der Waals surface area contributed by atoms with Crippen LogP contribution in [0, 0.1) is 6.92 Å². The largest absolute Gasteiger partial charge is 0.494 e. The van der Waals surface area contributed by atoms with Gasteiger partial charge in [0.2, 0.25) is 6.79 Å². The Morgan fingerprint density at radius 1 is 0.889 bits per heavy atom. The number of hydrogen-bond acceptors (Lipinski definition) is 7. The van der Waals surface area contributed by atoms with Crippen LogP contribution in [0.3, 0.4) is 0 Å². The number of esters is 1. The molecule has 0 spiro atoms. The van der Waals surface area contributed by atoms with Crippen molar-refractivity contribution in [3.63, 3.8) is 0 Å². The first-order valence-corrected chi connectivity index (χ1v) is 11.3. The van der Waals surface area contributed by atoms with E-state index < -0.39 is 5.97 Å². The van der Waals surface area contributed by atoms with Crippen molar-refractivity contribution in [3.05, 3.63) is 109 Å². The van der Waals surface area contributed by atoms with Gasteiger partial charge in [0.15, 0.2) is 6.26 Å². The van der Waals surface area contributed by atoms with Crippen LogP contribution in [0.15, 0.2) is 91.9 Å². The highest BCUT2D eigenvalue weighted by Crippen LogP contribution is 2.25. The summed E-state index contributed by atoms with van der Waals surface area (Å²) in [4.78, 5) is 21.9. The minimum absolute atomic E-state index is 0.0202. The summed E-state index contributed by atoms with van der Waals surface area (Å²) in [5, 5.41) is 0. The van der Waals surface area contributed by atoms with Crippen molar-refractivity contribution in [2.24, 2.45) is 0 Å². The molecule has 186 valence electrons. The predicted molar refractivity (Wildman–Crippen MR) is 136 cm³/mol. The standard InChI is InChI=1S/C29H28O7/c1-4-17-34-35-19-6-18-31-25-11-13-26(14-12-25)32-21-33-28-16-15-27(20-22(28)3)36-29(30)24-9-7-23(5-2)8-10-24/h5,7-17,20H,1-2,6,18-19,21H2,3H3. The second kappa shape index (κ2) is 14.1. The van der Waals surface area contributed by atoms with Crippen LogP contribution in [0.1, 0.15) is 27.9 Å². The van der Waals surface area contributed by atoms with Gasteiger partial charge in [-0.15, -0.1) is 0 Å². The fourth-order valence-electron chi connectivity index (χ4n) is 2.99. The maximum Gasteiger partial charge on any atom is 0.343 e. The molecule has 3 rings (SSSR count). The molecule has 7 heteroatoms. The van der Waals surface area contributed by atoms with Crippen molar-refractivity contribution in [1.29, 1.82) is 0 Å². The molecule has 0 bridgehead atoms. The second-order valence-corrected chi connectivity index (χ2v) is 7.46. The summed E-state index contributed by atoms with van der Waals surface area (Å²) in [6.07, 6.45) is 3.62. The van der Waals surface area contributed by atoms with Gasteiger partial charge < -0.3 is 23.8 Å². The number of rotatable bonds is 14. The molecule has 3 aromatic carbocycles. The van der Waals surface area contributed by atoms with Crippen LogP contribution in [-0.2, 0) is 9.78 Å². The third-order valence-electron chi connectivity index (χ3n) is 4.84. The molecule has 0 saturated carbocycles. The predicted octanol–water partition coefficient (Wildman–Crippen LogP) is 6.29. The van der Waals surface area contributed by atoms with Crippen LogP contribution in [0.25, 0.3) is 6.08 Å². The highest BCUT2D eigenvalue weighted by atomic mass is 17.2. The van der Waals surface area contributed by atoms with Gasteiger partial charge in [-0.05, 0) is 72.6 Å². The van der Waals surface area contributed by atoms with Gasteiger partial charge in [0.05, 0.1) is 18.8 Å². The molecule has 3 aromatic rings. The normalized spacial score (nSPS) is 10.0. The second-order valence-electron chi connectivity index (χ2n) is 7.46. The first kappa shape index (κ1) is 26.2. The summed E-state index contributed by atoms with van der Waals surface area (Å²) in [7, 11) is 0. The molecule has 7 nitrogen and oxygen atoms in total. The minimum Gasteiger partial charge on any atom is -0.494 e. The molecule has 0 amide bonds. The lowest BCUT2D eigenvalue weighted by molar-refractivity contribution is -0.249. The molecule has 0 aromatic heterocycles. The van der Waals surface area contributed by atoms with Crippen molar-refractivity contribution in [2.45, 2.75) is 13.3 Å². The van der Waals surface area contributed by atoms with Gasteiger partial charge in [-0.25, -0.2) is 4.79 Å². The molecular formula is C29H28O7. The Labute approximate surface area is 210 Å². The van der Waals surface area contributed by atoms with Crippen molar-refractivity contribution in [3.8, 4) is 23.0 Å². The molecular weight excluding hydrogens is 460 g/mol. The lowest BCUT2D eigenvalue weighted by Crippen LogP contribution is -2.09. The van der Waals surface area contributed by atoms with E-state index in [1.807, 2.05) is 31.2 Å². The fourth-order valence-corrected chi connectivity index (χ4v) is 2.99. The van der Waals surface area contributed by atoms with E-state index in [4.69, 9.17) is 23.8 Å². The van der Waals surface area contributed by atoms with Gasteiger partial charge in [-0.2, -0.15) is 4.89 Å². The Hall–Kier alpha value is -4.45. The number of aryl methyl sites for hydroxylation is 1. The molecule has 36 heavy (non-hydrogen) atoms. The number of ether oxygens (including phenoxy) is 4. The van der Waals surface area contributed by atoms with Crippen LogP contribution >= 0.6 is 0 Å². The Bertz CT molecular complexity index is 1180. The molecule has 0 N–H and O–H groups in total. The van der Waals surface area contributed by atoms with Crippen LogP contribution in [0.2, 0.25) is 0 Å². The lowest BCUT2D eigenvalue weighted by atomic mass is 10.1. The van der Waals surface area contributed by atoms with Crippen molar-refractivity contribution in [1.82, 2.24) is 0 Å². The van der Waals surface area contributed by atoms with Gasteiger partial charge in [-0.3, -0.25) is 0 Å². The van der Waals surface area contributed by atoms with Crippen LogP contribution in [0.4, 0.5) is 0 Å². The Balaban J connectivity index is 1.40. The molecule has 0 fully saturated rings. The zero-order valence-electron chi connectivity index (χ0n) is 20.1. The van der Waals surface area contributed by atoms with E-state index in [9.17, 15) is 4.79 Å². The summed E-state index contributed by atoms with van der Waals surface area (Å²) in [6, 6.07) is 19.4. The van der Waals surface area contributed by atoms with Gasteiger partial charge in [0.25, 0.3) is 0 Å². The quantitative estimate of drug-likeness (QED) is 0.0386. The summed E-state index contributed by atoms with van der Waals surface area (Å²) >= 11 is 0. The molecule has 0 atom stereocenters. The van der Waals surface area contributed by atoms with Crippen LogP contribution in [0.5, 0.6) is 23.0 Å². The average Bonchev–Trinajstić information content (AvgIpc) is 2.90. The van der Waals surface area contributed by atoms with Crippen LogP contribution in [-0.4, -0.2) is 26.0 Å². The first-order valence-electron chi connectivity index (χ1n) is 11.3. The first-order chi connectivity index (χ1) is 17.6. The summed E-state index contributed by atoms with van der Waals surface area (Å²) in [5.74, 6) is 1.98. The van der Waals surface area contributed by atoms with Crippen molar-refractivity contribution >= 4 is 12.0 Å². The molecule has 0 aliphatic carbocycles. The van der Waals surface area contributed by atoms with E-state index in [1.165, 1.54) is 6.26 Å². The third kappa shape index (κ3) is 8.40. The monoisotopic (exact) mass is 488 g/mol. The zero-order chi connectivity index (χ0) is 25.6. The number of carbonyl (C=O) groups is 1. The smallest absolute Gasteiger partial charge is 0.343 e. The average molecular weight is 489 g/mol. The van der Waals surface area contributed by atoms with E-state index in [0.717, 1.165) is 11.1 Å². The Morgan fingerprint density at radius 2 is 1.58 bits per heavy atom. The Kier molecular flexibility index (Phi) is 10.2. The molecule has 0 aliphatic rings. The molecule has 0 radical (unpaired) electrons. The Morgan fingerprint density at radius 3 is 2.25 bits per heavy atom. The highest BCUT2D eigenvalue weighted by molar-refractivity contribution is 5.91. The highest BCUT2D eigenvalue weighted by Gasteiger charge is 2.10. The molecule has 0 unspecified atom stereocenters. The van der Waals surface area contributed by atoms with E-state index in [0.29, 0.717) is 48.2 Å². The van der Waals surface area contributed by atoms with Crippen molar-refractivity contribution < 1.29 is 33.5 Å².